The van der Waals surface area contributed by atoms with Crippen LogP contribution in [0.2, 0.25) is 5.02 Å². The first-order valence-electron chi connectivity index (χ1n) is 6.03. The van der Waals surface area contributed by atoms with Crippen LogP contribution in [-0.2, 0) is 0 Å². The molecule has 0 spiro atoms. The summed E-state index contributed by atoms with van der Waals surface area (Å²) in [5, 5.41) is 11.0. The number of aromatic carboxylic acids is 1. The van der Waals surface area contributed by atoms with Crippen LogP contribution in [0.3, 0.4) is 0 Å². The number of rotatable bonds is 2. The monoisotopic (exact) mass is 322 g/mol. The number of carbonyl (C=O) groups excluding carboxylic acids is 1. The second-order valence-corrected chi connectivity index (χ2v) is 4.89. The van der Waals surface area contributed by atoms with Gasteiger partial charge in [0.1, 0.15) is 11.4 Å². The lowest BCUT2D eigenvalue weighted by molar-refractivity contribution is -0.255. The van der Waals surface area contributed by atoms with Crippen LogP contribution in [0.4, 0.5) is 14.5 Å². The highest BCUT2D eigenvalue weighted by molar-refractivity contribution is 6.35. The van der Waals surface area contributed by atoms with Gasteiger partial charge in [-0.25, -0.2) is 13.8 Å². The van der Waals surface area contributed by atoms with Crippen molar-refractivity contribution in [2.75, 3.05) is 5.73 Å². The van der Waals surface area contributed by atoms with Crippen LogP contribution in [0.25, 0.3) is 22.2 Å². The van der Waals surface area contributed by atoms with E-state index in [0.29, 0.717) is 5.39 Å². The van der Waals surface area contributed by atoms with Crippen LogP contribution < -0.4 is 10.8 Å². The number of halogens is 3. The van der Waals surface area contributed by atoms with E-state index < -0.39 is 39.7 Å². The van der Waals surface area contributed by atoms with Gasteiger partial charge in [0, 0.05) is 17.1 Å². The molecule has 0 atom stereocenters. The maximum Gasteiger partial charge on any atom is 0.174 e. The van der Waals surface area contributed by atoms with Crippen molar-refractivity contribution in [2.45, 2.75) is 0 Å². The Hall–Kier alpha value is -2.67. The number of aromatic nitrogens is 2. The molecule has 0 saturated heterocycles. The van der Waals surface area contributed by atoms with Gasteiger partial charge >= 0.3 is 0 Å². The summed E-state index contributed by atoms with van der Waals surface area (Å²) in [6.45, 7) is 0. The Morgan fingerprint density at radius 3 is 2.68 bits per heavy atom. The van der Waals surface area contributed by atoms with Gasteiger partial charge in [-0.2, -0.15) is 0 Å². The molecule has 5 nitrogen and oxygen atoms in total. The summed E-state index contributed by atoms with van der Waals surface area (Å²) in [5.41, 5.74) is 3.41. The molecule has 1 aromatic carbocycles. The minimum absolute atomic E-state index is 0.141. The van der Waals surface area contributed by atoms with Gasteiger partial charge in [0.05, 0.1) is 22.2 Å². The van der Waals surface area contributed by atoms with Crippen LogP contribution in [0.15, 0.2) is 24.4 Å². The van der Waals surface area contributed by atoms with Crippen molar-refractivity contribution in [3.8, 4) is 11.3 Å². The summed E-state index contributed by atoms with van der Waals surface area (Å²) in [6.07, 6.45) is 1.52. The fourth-order valence-electron chi connectivity index (χ4n) is 2.15. The third-order valence-electron chi connectivity index (χ3n) is 3.23. The highest BCUT2D eigenvalue weighted by Crippen LogP contribution is 2.34. The first-order valence-corrected chi connectivity index (χ1v) is 6.41. The lowest BCUT2D eigenvalue weighted by Gasteiger charge is -2.12. The predicted octanol–water partition coefficient (Wildman–Crippen LogP) is 2.11. The molecule has 0 radical (unpaired) electrons. The molecule has 3 rings (SSSR count). The Morgan fingerprint density at radius 1 is 1.27 bits per heavy atom. The zero-order valence-electron chi connectivity index (χ0n) is 10.8. The van der Waals surface area contributed by atoms with Crippen LogP contribution in [-0.4, -0.2) is 15.9 Å². The van der Waals surface area contributed by atoms with E-state index in [1.54, 1.807) is 6.07 Å². The fraction of sp³-hybridized carbons (Fsp3) is 0. The summed E-state index contributed by atoms with van der Waals surface area (Å²) < 4.78 is 28.7. The van der Waals surface area contributed by atoms with Gasteiger partial charge in [-0.1, -0.05) is 17.7 Å². The molecule has 112 valence electrons. The maximum absolute atomic E-state index is 14.5. The summed E-state index contributed by atoms with van der Waals surface area (Å²) in [6, 6.07) is 4.45. The molecule has 2 aromatic heterocycles. The Bertz CT molecular complexity index is 924. The van der Waals surface area contributed by atoms with Gasteiger partial charge in [-0.3, -0.25) is 0 Å². The van der Waals surface area contributed by atoms with Gasteiger partial charge in [0.2, 0.25) is 0 Å². The highest BCUT2D eigenvalue weighted by atomic mass is 35.5. The number of aromatic amines is 1. The molecular formula is C14H7ClF2N3O2-. The van der Waals surface area contributed by atoms with Crippen LogP contribution in [0.5, 0.6) is 0 Å². The first kappa shape index (κ1) is 14.3. The van der Waals surface area contributed by atoms with E-state index in [0.717, 1.165) is 0 Å². The highest BCUT2D eigenvalue weighted by Gasteiger charge is 2.21. The molecule has 0 aliphatic heterocycles. The molecular weight excluding hydrogens is 316 g/mol. The van der Waals surface area contributed by atoms with Crippen molar-refractivity contribution in [3.05, 3.63) is 46.7 Å². The van der Waals surface area contributed by atoms with Crippen molar-refractivity contribution in [3.63, 3.8) is 0 Å². The second-order valence-electron chi connectivity index (χ2n) is 4.51. The van der Waals surface area contributed by atoms with Gasteiger partial charge in [0.15, 0.2) is 11.6 Å². The van der Waals surface area contributed by atoms with E-state index in [9.17, 15) is 18.7 Å². The molecule has 0 saturated carbocycles. The summed E-state index contributed by atoms with van der Waals surface area (Å²) >= 11 is 5.62. The number of pyridine rings is 1. The third kappa shape index (κ3) is 1.98. The van der Waals surface area contributed by atoms with Gasteiger partial charge in [0.25, 0.3) is 0 Å². The SMILES string of the molecule is Nc1c(F)c(-c2ccc3cc[nH]c3c2F)nc(C(=O)[O-])c1Cl. The molecule has 0 amide bonds. The zero-order valence-corrected chi connectivity index (χ0v) is 11.5. The zero-order chi connectivity index (χ0) is 16.0. The molecule has 0 unspecified atom stereocenters. The van der Waals surface area contributed by atoms with Crippen LogP contribution >= 0.6 is 11.6 Å². The topological polar surface area (TPSA) is 94.8 Å². The number of benzene rings is 1. The number of hydrogen-bond acceptors (Lipinski definition) is 4. The number of hydrogen-bond donors (Lipinski definition) is 2. The molecule has 8 heteroatoms. The molecule has 0 bridgehead atoms. The van der Waals surface area contributed by atoms with E-state index in [2.05, 4.69) is 9.97 Å². The molecule has 0 aliphatic rings. The largest absolute Gasteiger partial charge is 0.543 e. The Kier molecular flexibility index (Phi) is 3.22. The minimum atomic E-state index is -1.74. The van der Waals surface area contributed by atoms with Crippen molar-refractivity contribution >= 4 is 34.2 Å². The number of carbonyl (C=O) groups is 1. The Labute approximate surface area is 127 Å². The quantitative estimate of drug-likeness (QED) is 0.755. The molecule has 0 aliphatic carbocycles. The average molecular weight is 323 g/mol. The van der Waals surface area contributed by atoms with Gasteiger partial charge < -0.3 is 20.6 Å². The van der Waals surface area contributed by atoms with E-state index in [1.165, 1.54) is 18.3 Å². The van der Waals surface area contributed by atoms with Crippen molar-refractivity contribution in [1.82, 2.24) is 9.97 Å². The molecule has 2 heterocycles. The lowest BCUT2D eigenvalue weighted by atomic mass is 10.1. The third-order valence-corrected chi connectivity index (χ3v) is 3.61. The lowest BCUT2D eigenvalue weighted by Crippen LogP contribution is -2.25. The van der Waals surface area contributed by atoms with Crippen LogP contribution in [0.1, 0.15) is 10.5 Å². The number of carboxylic acids is 1. The maximum atomic E-state index is 14.5. The van der Waals surface area contributed by atoms with Gasteiger partial charge in [-0.05, 0) is 12.1 Å². The summed E-state index contributed by atoms with van der Waals surface area (Å²) in [7, 11) is 0. The Morgan fingerprint density at radius 2 is 2.00 bits per heavy atom. The van der Waals surface area contributed by atoms with Crippen molar-refractivity contribution < 1.29 is 18.7 Å². The minimum Gasteiger partial charge on any atom is -0.543 e. The summed E-state index contributed by atoms with van der Waals surface area (Å²) in [4.78, 5) is 17.2. The smallest absolute Gasteiger partial charge is 0.174 e. The van der Waals surface area contributed by atoms with E-state index >= 15 is 0 Å². The molecule has 0 fully saturated rings. The number of nitrogens with zero attached hydrogens (tertiary/aromatic N) is 1. The fourth-order valence-corrected chi connectivity index (χ4v) is 2.35. The standard InChI is InChI=1S/C14H8ClF2N3O2/c15-7-10(18)9(17)12(20-13(7)14(21)22)6-2-1-5-3-4-19-11(5)8(6)16/h1-4,19H,(H2,18,20)(H,21,22)/p-1. The van der Waals surface area contributed by atoms with Crippen molar-refractivity contribution in [1.29, 1.82) is 0 Å². The first-order chi connectivity index (χ1) is 10.4. The summed E-state index contributed by atoms with van der Waals surface area (Å²) in [5.74, 6) is -3.61. The number of anilines is 1. The number of fused-ring (bicyclic) bond motifs is 1. The number of nitrogens with one attached hydrogen (secondary N) is 1. The molecule has 3 N–H and O–H groups in total. The normalized spacial score (nSPS) is 11.0. The van der Waals surface area contributed by atoms with Crippen molar-refractivity contribution in [2.24, 2.45) is 0 Å². The number of nitrogen functional groups attached to an aromatic ring is 1. The molecule has 22 heavy (non-hydrogen) atoms. The number of nitrogens with two attached hydrogens (primary N) is 1. The number of carboxylic acid groups (broad SMARTS) is 1. The van der Waals surface area contributed by atoms with Gasteiger partial charge in [-0.15, -0.1) is 0 Å². The van der Waals surface area contributed by atoms with Crippen LogP contribution in [0, 0.1) is 11.6 Å². The van der Waals surface area contributed by atoms with E-state index in [1.807, 2.05) is 0 Å². The second kappa shape index (κ2) is 4.96. The number of H-pyrrole nitrogens is 1. The predicted molar refractivity (Wildman–Crippen MR) is 75.2 cm³/mol. The molecule has 3 aromatic rings. The van der Waals surface area contributed by atoms with E-state index in [-0.39, 0.29) is 11.1 Å². The van der Waals surface area contributed by atoms with E-state index in [4.69, 9.17) is 17.3 Å². The Balaban J connectivity index is 2.35. The average Bonchev–Trinajstić information content (AvgIpc) is 2.95.